The minimum absolute atomic E-state index is 0.399. The van der Waals surface area contributed by atoms with Gasteiger partial charge in [0.25, 0.3) is 0 Å². The average molecular weight is 525 g/mol. The van der Waals surface area contributed by atoms with E-state index in [4.69, 9.17) is 15.6 Å². The molecule has 0 aliphatic rings. The van der Waals surface area contributed by atoms with Crippen molar-refractivity contribution in [3.05, 3.63) is 65.8 Å². The molecule has 1 amide bonds. The van der Waals surface area contributed by atoms with E-state index < -0.39 is 18.5 Å². The predicted molar refractivity (Wildman–Crippen MR) is 162 cm³/mol. The number of aromatic nitrogens is 1. The summed E-state index contributed by atoms with van der Waals surface area (Å²) >= 11 is 0. The first-order valence-electron chi connectivity index (χ1n) is 13.8. The second kappa shape index (κ2) is 19.6. The van der Waals surface area contributed by atoms with Gasteiger partial charge in [-0.15, -0.1) is 0 Å². The lowest BCUT2D eigenvalue weighted by molar-refractivity contribution is -0.139. The first kappa shape index (κ1) is 34.5. The number of primary amides is 1. The van der Waals surface area contributed by atoms with Gasteiger partial charge in [0.1, 0.15) is 5.75 Å². The van der Waals surface area contributed by atoms with Crippen molar-refractivity contribution in [2.45, 2.75) is 87.6 Å². The topological polar surface area (TPSA) is 94.5 Å². The van der Waals surface area contributed by atoms with Crippen molar-refractivity contribution < 1.29 is 19.4 Å². The number of nitrogens with two attached hydrogens (primary N) is 1. The van der Waals surface area contributed by atoms with Gasteiger partial charge in [-0.25, -0.2) is 4.79 Å². The van der Waals surface area contributed by atoms with E-state index in [2.05, 4.69) is 44.4 Å². The molecule has 1 aromatic heterocycles. The van der Waals surface area contributed by atoms with E-state index in [1.807, 2.05) is 58.0 Å². The Hall–Kier alpha value is -3.54. The number of amides is 1. The van der Waals surface area contributed by atoms with Crippen molar-refractivity contribution in [1.82, 2.24) is 4.57 Å². The number of carbonyl (C=O) groups is 2. The Balaban J connectivity index is 0.00000119. The fourth-order valence-electron chi connectivity index (χ4n) is 3.89. The van der Waals surface area contributed by atoms with Crippen molar-refractivity contribution >= 4 is 33.7 Å². The van der Waals surface area contributed by atoms with Crippen molar-refractivity contribution in [2.75, 3.05) is 6.61 Å². The molecule has 0 atom stereocenters. The van der Waals surface area contributed by atoms with Crippen molar-refractivity contribution in [2.24, 2.45) is 5.73 Å². The highest BCUT2D eigenvalue weighted by Crippen LogP contribution is 2.40. The van der Waals surface area contributed by atoms with Gasteiger partial charge in [-0.2, -0.15) is 0 Å². The van der Waals surface area contributed by atoms with Crippen molar-refractivity contribution in [3.63, 3.8) is 0 Å². The third kappa shape index (κ3) is 9.73. The number of carboxylic acid groups (broad SMARTS) is 1. The molecule has 0 unspecified atom stereocenters. The SMILES string of the molecule is C/C=C/Cn1c2cccc(C(N)=O)c2c2c(OCC(=O)O)ccc(CCC)c21.C/C=C\CC.CC.CCC. The summed E-state index contributed by atoms with van der Waals surface area (Å²) in [4.78, 5) is 23.2. The molecule has 3 rings (SSSR count). The summed E-state index contributed by atoms with van der Waals surface area (Å²) in [6.07, 6.45) is 12.4. The lowest BCUT2D eigenvalue weighted by Crippen LogP contribution is -2.11. The summed E-state index contributed by atoms with van der Waals surface area (Å²) in [5.41, 5.74) is 8.99. The number of aryl methyl sites for hydroxylation is 1. The van der Waals surface area contributed by atoms with Gasteiger partial charge in [-0.3, -0.25) is 4.79 Å². The van der Waals surface area contributed by atoms with Crippen LogP contribution in [0.1, 0.15) is 90.6 Å². The lowest BCUT2D eigenvalue weighted by Gasteiger charge is -2.11. The molecule has 3 aromatic rings. The highest BCUT2D eigenvalue weighted by Gasteiger charge is 2.21. The monoisotopic (exact) mass is 524 g/mol. The molecule has 0 aliphatic carbocycles. The molecule has 38 heavy (non-hydrogen) atoms. The second-order valence-electron chi connectivity index (χ2n) is 8.31. The van der Waals surface area contributed by atoms with Gasteiger partial charge in [-0.1, -0.05) is 90.8 Å². The molecule has 210 valence electrons. The number of rotatable bonds is 9. The van der Waals surface area contributed by atoms with Gasteiger partial charge < -0.3 is 20.1 Å². The van der Waals surface area contributed by atoms with Crippen LogP contribution in [-0.4, -0.2) is 28.2 Å². The summed E-state index contributed by atoms with van der Waals surface area (Å²) in [7, 11) is 0. The van der Waals surface area contributed by atoms with Crippen molar-refractivity contribution in [1.29, 1.82) is 0 Å². The molecular weight excluding hydrogens is 476 g/mol. The van der Waals surface area contributed by atoms with Gasteiger partial charge in [0.15, 0.2) is 6.61 Å². The number of aliphatic carboxylic acids is 1. The van der Waals surface area contributed by atoms with Crippen LogP contribution in [0, 0.1) is 0 Å². The zero-order valence-corrected chi connectivity index (χ0v) is 24.6. The number of carbonyl (C=O) groups excluding carboxylic acids is 1. The number of hydrogen-bond donors (Lipinski definition) is 2. The summed E-state index contributed by atoms with van der Waals surface area (Å²) in [5, 5.41) is 10.5. The summed E-state index contributed by atoms with van der Waals surface area (Å²) < 4.78 is 7.73. The van der Waals surface area contributed by atoms with E-state index in [-0.39, 0.29) is 0 Å². The van der Waals surface area contributed by atoms with E-state index in [1.165, 1.54) is 6.42 Å². The minimum Gasteiger partial charge on any atom is -0.481 e. The third-order valence-electron chi connectivity index (χ3n) is 5.21. The standard InChI is InChI=1S/C22H24N2O4.C5H10.C3H8.C2H6/c1-3-5-12-24-16-9-6-8-15(22(23)27)19(16)20-17(28-13-18(25)26)11-10-14(7-4-2)21(20)24;1-3-5-4-2;1-3-2;1-2/h3,5-6,8-11H,4,7,12-13H2,1-2H3,(H2,23,27)(H,25,26);3,5H,4H2,1-2H3;3H2,1-2H3;1-2H3/b5-3+;5-3-;;. The Morgan fingerprint density at radius 2 is 1.61 bits per heavy atom. The Bertz CT molecular complexity index is 1190. The molecule has 3 N–H and O–H groups in total. The molecule has 0 spiro atoms. The highest BCUT2D eigenvalue weighted by molar-refractivity contribution is 6.20. The molecule has 2 aromatic carbocycles. The Morgan fingerprint density at radius 1 is 0.974 bits per heavy atom. The number of hydrogen-bond acceptors (Lipinski definition) is 3. The molecule has 0 radical (unpaired) electrons. The number of ether oxygens (including phenoxy) is 1. The molecule has 0 saturated carbocycles. The quantitative estimate of drug-likeness (QED) is 0.275. The van der Waals surface area contributed by atoms with E-state index in [0.29, 0.717) is 23.2 Å². The van der Waals surface area contributed by atoms with Gasteiger partial charge in [-0.05, 0) is 50.5 Å². The minimum atomic E-state index is -1.06. The van der Waals surface area contributed by atoms with Crippen molar-refractivity contribution in [3.8, 4) is 5.75 Å². The maximum absolute atomic E-state index is 12.1. The third-order valence-corrected chi connectivity index (χ3v) is 5.21. The molecule has 6 nitrogen and oxygen atoms in total. The number of carboxylic acids is 1. The first-order chi connectivity index (χ1) is 18.3. The van der Waals surface area contributed by atoms with Crippen LogP contribution in [0.25, 0.3) is 21.8 Å². The number of allylic oxidation sites excluding steroid dienone is 4. The van der Waals surface area contributed by atoms with Gasteiger partial charge in [0.2, 0.25) is 5.91 Å². The van der Waals surface area contributed by atoms with Crippen LogP contribution in [0.15, 0.2) is 54.6 Å². The van der Waals surface area contributed by atoms with Crippen LogP contribution in [0.2, 0.25) is 0 Å². The summed E-state index contributed by atoms with van der Waals surface area (Å²) in [5.74, 6) is -1.14. The summed E-state index contributed by atoms with van der Waals surface area (Å²) in [6.45, 7) is 16.6. The van der Waals surface area contributed by atoms with Crippen LogP contribution >= 0.6 is 0 Å². The lowest BCUT2D eigenvalue weighted by atomic mass is 10.0. The average Bonchev–Trinajstić information content (AvgIpc) is 3.24. The molecule has 0 aliphatic heterocycles. The Labute approximate surface area is 229 Å². The maximum Gasteiger partial charge on any atom is 0.341 e. The van der Waals surface area contributed by atoms with E-state index in [0.717, 1.165) is 41.2 Å². The van der Waals surface area contributed by atoms with Crippen LogP contribution in [0.3, 0.4) is 0 Å². The van der Waals surface area contributed by atoms with E-state index >= 15 is 0 Å². The largest absolute Gasteiger partial charge is 0.481 e. The smallest absolute Gasteiger partial charge is 0.341 e. The van der Waals surface area contributed by atoms with Crippen LogP contribution in [-0.2, 0) is 17.8 Å². The number of nitrogens with zero attached hydrogens (tertiary/aromatic N) is 1. The first-order valence-corrected chi connectivity index (χ1v) is 13.8. The maximum atomic E-state index is 12.1. The molecule has 0 fully saturated rings. The second-order valence-corrected chi connectivity index (χ2v) is 8.31. The predicted octanol–water partition coefficient (Wildman–Crippen LogP) is 8.30. The summed E-state index contributed by atoms with van der Waals surface area (Å²) in [6, 6.07) is 9.20. The fourth-order valence-corrected chi connectivity index (χ4v) is 3.89. The number of benzene rings is 2. The van der Waals surface area contributed by atoms with Crippen LogP contribution in [0.4, 0.5) is 0 Å². The molecular formula is C32H48N2O4. The number of fused-ring (bicyclic) bond motifs is 3. The Kier molecular flexibility index (Phi) is 17.7. The highest BCUT2D eigenvalue weighted by atomic mass is 16.5. The van der Waals surface area contributed by atoms with Gasteiger partial charge >= 0.3 is 5.97 Å². The van der Waals surface area contributed by atoms with Gasteiger partial charge in [0.05, 0.1) is 16.4 Å². The van der Waals surface area contributed by atoms with Gasteiger partial charge in [0, 0.05) is 17.5 Å². The zero-order chi connectivity index (χ0) is 29.1. The molecule has 0 bridgehead atoms. The van der Waals surface area contributed by atoms with Crippen LogP contribution in [0.5, 0.6) is 5.75 Å². The Morgan fingerprint density at radius 3 is 2.08 bits per heavy atom. The molecule has 1 heterocycles. The molecule has 6 heteroatoms. The normalized spacial score (nSPS) is 10.4. The molecule has 0 saturated heterocycles. The zero-order valence-electron chi connectivity index (χ0n) is 24.6. The van der Waals surface area contributed by atoms with E-state index in [9.17, 15) is 9.59 Å². The van der Waals surface area contributed by atoms with E-state index in [1.54, 1.807) is 12.1 Å². The fraction of sp³-hybridized carbons (Fsp3) is 0.438. The van der Waals surface area contributed by atoms with Crippen LogP contribution < -0.4 is 10.5 Å².